The van der Waals surface area contributed by atoms with Crippen molar-refractivity contribution in [1.29, 1.82) is 0 Å². The van der Waals surface area contributed by atoms with Gasteiger partial charge in [0.05, 0.1) is 12.7 Å². The van der Waals surface area contributed by atoms with E-state index in [1.54, 1.807) is 25.3 Å². The fraction of sp³-hybridized carbons (Fsp3) is 0.538. The van der Waals surface area contributed by atoms with Gasteiger partial charge in [0.25, 0.3) is 0 Å². The van der Waals surface area contributed by atoms with Crippen LogP contribution >= 0.6 is 0 Å². The van der Waals surface area contributed by atoms with Crippen molar-refractivity contribution in [2.24, 2.45) is 0 Å². The Balaban J connectivity index is 2.23. The summed E-state index contributed by atoms with van der Waals surface area (Å²) in [5.41, 5.74) is 0.466. The van der Waals surface area contributed by atoms with Crippen molar-refractivity contribution < 1.29 is 14.6 Å². The third-order valence-corrected chi connectivity index (χ3v) is 2.98. The number of aromatic nitrogens is 1. The third kappa shape index (κ3) is 2.79. The molecule has 0 saturated carbocycles. The molecule has 1 aliphatic rings. The molecule has 1 N–H and O–H groups in total. The van der Waals surface area contributed by atoms with Gasteiger partial charge in [0.1, 0.15) is 11.4 Å². The molecule has 1 aromatic heterocycles. The Labute approximate surface area is 106 Å². The highest BCUT2D eigenvalue weighted by Crippen LogP contribution is 2.22. The second-order valence-electron chi connectivity index (χ2n) is 4.34. The first kappa shape index (κ1) is 12.8. The number of pyridine rings is 1. The number of ether oxygens (including phenoxy) is 1. The van der Waals surface area contributed by atoms with Crippen LogP contribution in [0, 0.1) is 0 Å². The summed E-state index contributed by atoms with van der Waals surface area (Å²) in [4.78, 5) is 18.0. The molecule has 0 radical (unpaired) electrons. The minimum Gasteiger partial charge on any atom is -0.462 e. The van der Waals surface area contributed by atoms with Crippen molar-refractivity contribution in [3.05, 3.63) is 23.9 Å². The second kappa shape index (κ2) is 5.82. The average molecular weight is 250 g/mol. The lowest BCUT2D eigenvalue weighted by molar-refractivity contribution is 0.0526. The van der Waals surface area contributed by atoms with Crippen molar-refractivity contribution >= 4 is 11.8 Å². The van der Waals surface area contributed by atoms with Gasteiger partial charge in [-0.15, -0.1) is 0 Å². The molecule has 1 fully saturated rings. The zero-order valence-corrected chi connectivity index (χ0v) is 10.5. The summed E-state index contributed by atoms with van der Waals surface area (Å²) in [6.45, 7) is 3.44. The normalized spacial score (nSPS) is 19.7. The number of piperidine rings is 1. The van der Waals surface area contributed by atoms with Crippen LogP contribution in [0.2, 0.25) is 0 Å². The third-order valence-electron chi connectivity index (χ3n) is 2.98. The molecule has 2 heterocycles. The minimum absolute atomic E-state index is 0.343. The topological polar surface area (TPSA) is 62.7 Å². The Morgan fingerprint density at radius 3 is 3.22 bits per heavy atom. The quantitative estimate of drug-likeness (QED) is 0.817. The molecule has 1 aliphatic heterocycles. The number of aliphatic hydroxyl groups is 1. The predicted molar refractivity (Wildman–Crippen MR) is 67.6 cm³/mol. The summed E-state index contributed by atoms with van der Waals surface area (Å²) in [6, 6.07) is 3.43. The fourth-order valence-electron chi connectivity index (χ4n) is 2.16. The van der Waals surface area contributed by atoms with Crippen molar-refractivity contribution in [3.8, 4) is 0 Å². The molecule has 0 aromatic carbocycles. The van der Waals surface area contributed by atoms with Crippen LogP contribution < -0.4 is 4.90 Å². The summed E-state index contributed by atoms with van der Waals surface area (Å²) >= 11 is 0. The maximum atomic E-state index is 11.8. The van der Waals surface area contributed by atoms with Crippen molar-refractivity contribution in [2.75, 3.05) is 24.6 Å². The number of β-amino-alcohol motifs (C(OH)–C–C–N with tert-alkyl or cyclic N) is 1. The average Bonchev–Trinajstić information content (AvgIpc) is 2.39. The van der Waals surface area contributed by atoms with E-state index in [4.69, 9.17) is 4.74 Å². The molecule has 2 rings (SSSR count). The largest absolute Gasteiger partial charge is 0.462 e. The van der Waals surface area contributed by atoms with Gasteiger partial charge in [-0.3, -0.25) is 0 Å². The van der Waals surface area contributed by atoms with Crippen LogP contribution in [0.4, 0.5) is 5.82 Å². The molecule has 0 aliphatic carbocycles. The Morgan fingerprint density at radius 1 is 1.67 bits per heavy atom. The number of nitrogens with zero attached hydrogens (tertiary/aromatic N) is 2. The van der Waals surface area contributed by atoms with Crippen molar-refractivity contribution in [2.45, 2.75) is 25.9 Å². The maximum absolute atomic E-state index is 11.8. The molecule has 1 atom stereocenters. The lowest BCUT2D eigenvalue weighted by Gasteiger charge is -2.31. The molecule has 1 aromatic rings. The highest BCUT2D eigenvalue weighted by atomic mass is 16.5. The molecule has 5 heteroatoms. The first-order chi connectivity index (χ1) is 8.72. The Hall–Kier alpha value is -1.62. The van der Waals surface area contributed by atoms with Crippen LogP contribution in [0.5, 0.6) is 0 Å². The number of anilines is 1. The summed E-state index contributed by atoms with van der Waals surface area (Å²) in [7, 11) is 0. The van der Waals surface area contributed by atoms with E-state index in [-0.39, 0.29) is 12.1 Å². The van der Waals surface area contributed by atoms with Gasteiger partial charge < -0.3 is 14.7 Å². The molecule has 18 heavy (non-hydrogen) atoms. The Bertz CT molecular complexity index is 422. The summed E-state index contributed by atoms with van der Waals surface area (Å²) < 4.78 is 5.02. The number of aliphatic hydroxyl groups excluding tert-OH is 1. The van der Waals surface area contributed by atoms with Gasteiger partial charge >= 0.3 is 5.97 Å². The lowest BCUT2D eigenvalue weighted by Crippen LogP contribution is -2.39. The number of esters is 1. The van der Waals surface area contributed by atoms with E-state index >= 15 is 0 Å². The van der Waals surface area contributed by atoms with Crippen LogP contribution in [0.1, 0.15) is 30.1 Å². The first-order valence-electron chi connectivity index (χ1n) is 6.27. The highest BCUT2D eigenvalue weighted by Gasteiger charge is 2.23. The molecule has 0 amide bonds. The smallest absolute Gasteiger partial charge is 0.341 e. The zero-order valence-electron chi connectivity index (χ0n) is 10.5. The van der Waals surface area contributed by atoms with Crippen LogP contribution in [-0.4, -0.2) is 41.9 Å². The monoisotopic (exact) mass is 250 g/mol. The van der Waals surface area contributed by atoms with Gasteiger partial charge in [-0.25, -0.2) is 9.78 Å². The molecular weight excluding hydrogens is 232 g/mol. The Kier molecular flexibility index (Phi) is 4.15. The first-order valence-corrected chi connectivity index (χ1v) is 6.27. The standard InChI is InChI=1S/C13H18N2O3/c1-2-18-13(17)11-6-3-7-14-12(11)15-8-4-5-10(16)9-15/h3,6-7,10,16H,2,4-5,8-9H2,1H3/t10-/m0/s1. The molecule has 1 saturated heterocycles. The number of carbonyl (C=O) groups is 1. The number of carbonyl (C=O) groups excluding carboxylic acids is 1. The van der Waals surface area contributed by atoms with E-state index in [0.29, 0.717) is 24.5 Å². The Morgan fingerprint density at radius 2 is 2.50 bits per heavy atom. The SMILES string of the molecule is CCOC(=O)c1cccnc1N1CCC[C@H](O)C1. The van der Waals surface area contributed by atoms with Gasteiger partial charge in [0.15, 0.2) is 0 Å². The van der Waals surface area contributed by atoms with Gasteiger partial charge in [-0.1, -0.05) is 0 Å². The fourth-order valence-corrected chi connectivity index (χ4v) is 2.16. The van der Waals surface area contributed by atoms with Gasteiger partial charge in [0.2, 0.25) is 0 Å². The van der Waals surface area contributed by atoms with E-state index < -0.39 is 0 Å². The van der Waals surface area contributed by atoms with Gasteiger partial charge in [0, 0.05) is 19.3 Å². The van der Waals surface area contributed by atoms with Crippen LogP contribution in [-0.2, 0) is 4.74 Å². The maximum Gasteiger partial charge on any atom is 0.341 e. The van der Waals surface area contributed by atoms with Crippen LogP contribution in [0.25, 0.3) is 0 Å². The van der Waals surface area contributed by atoms with Crippen molar-refractivity contribution in [3.63, 3.8) is 0 Å². The van der Waals surface area contributed by atoms with E-state index in [1.807, 2.05) is 4.90 Å². The van der Waals surface area contributed by atoms with Crippen LogP contribution in [0.15, 0.2) is 18.3 Å². The number of rotatable bonds is 3. The molecule has 5 nitrogen and oxygen atoms in total. The molecular formula is C13H18N2O3. The van der Waals surface area contributed by atoms with E-state index in [9.17, 15) is 9.90 Å². The van der Waals surface area contributed by atoms with Gasteiger partial charge in [-0.05, 0) is 31.9 Å². The zero-order chi connectivity index (χ0) is 13.0. The molecule has 0 spiro atoms. The van der Waals surface area contributed by atoms with Crippen LogP contribution in [0.3, 0.4) is 0 Å². The molecule has 98 valence electrons. The van der Waals surface area contributed by atoms with Gasteiger partial charge in [-0.2, -0.15) is 0 Å². The molecule has 0 unspecified atom stereocenters. The number of hydrogen-bond donors (Lipinski definition) is 1. The second-order valence-corrected chi connectivity index (χ2v) is 4.34. The van der Waals surface area contributed by atoms with E-state index in [1.165, 1.54) is 0 Å². The minimum atomic E-state index is -0.360. The molecule has 0 bridgehead atoms. The summed E-state index contributed by atoms with van der Waals surface area (Å²) in [5, 5.41) is 9.69. The highest BCUT2D eigenvalue weighted by molar-refractivity contribution is 5.94. The lowest BCUT2D eigenvalue weighted by atomic mass is 10.1. The summed E-state index contributed by atoms with van der Waals surface area (Å²) in [5.74, 6) is 0.246. The van der Waals surface area contributed by atoms with Crippen molar-refractivity contribution in [1.82, 2.24) is 4.98 Å². The number of hydrogen-bond acceptors (Lipinski definition) is 5. The summed E-state index contributed by atoms with van der Waals surface area (Å²) in [6.07, 6.45) is 3.01. The predicted octanol–water partition coefficient (Wildman–Crippen LogP) is 1.22. The van der Waals surface area contributed by atoms with E-state index in [0.717, 1.165) is 19.4 Å². The van der Waals surface area contributed by atoms with E-state index in [2.05, 4.69) is 4.98 Å².